The van der Waals surface area contributed by atoms with E-state index in [0.717, 1.165) is 17.5 Å². The summed E-state index contributed by atoms with van der Waals surface area (Å²) in [5, 5.41) is 4.82. The molecule has 20 heavy (non-hydrogen) atoms. The lowest BCUT2D eigenvalue weighted by Gasteiger charge is -2.36. The zero-order chi connectivity index (χ0) is 13.6. The third kappa shape index (κ3) is 3.37. The van der Waals surface area contributed by atoms with Crippen LogP contribution >= 0.6 is 0 Å². The van der Waals surface area contributed by atoms with E-state index >= 15 is 0 Å². The summed E-state index contributed by atoms with van der Waals surface area (Å²) < 4.78 is 0. The smallest absolute Gasteiger partial charge is 0.0701 e. The van der Waals surface area contributed by atoms with Crippen LogP contribution in [0.3, 0.4) is 0 Å². The number of fused-ring (bicyclic) bond motifs is 2. The lowest BCUT2D eigenvalue weighted by atomic mass is 9.80. The number of hydrogen-bond acceptors (Lipinski definition) is 2. The van der Waals surface area contributed by atoms with E-state index in [1.54, 1.807) is 0 Å². The fraction of sp³-hybridized carbons (Fsp3) is 0.500. The van der Waals surface area contributed by atoms with Crippen molar-refractivity contribution < 1.29 is 0 Å². The number of aromatic nitrogens is 1. The number of nitrogens with zero attached hydrogens (tertiary/aromatic N) is 1. The van der Waals surface area contributed by atoms with Crippen molar-refractivity contribution in [3.8, 4) is 0 Å². The van der Waals surface area contributed by atoms with Crippen molar-refractivity contribution in [1.82, 2.24) is 10.3 Å². The Morgan fingerprint density at radius 2 is 1.70 bits per heavy atom. The Balaban J connectivity index is 0.000000121. The zero-order valence-corrected chi connectivity index (χ0v) is 12.1. The van der Waals surface area contributed by atoms with E-state index in [1.807, 2.05) is 30.5 Å². The van der Waals surface area contributed by atoms with Crippen molar-refractivity contribution in [2.24, 2.45) is 5.92 Å². The standard InChI is InChI=1S/C9H17N.C9H7N/c2*1-2-6-9-8(4-1)5-3-7-10-9/h8-10H,1-7H2;1-7H. The molecule has 1 aromatic carbocycles. The Kier molecular flexibility index (Phi) is 4.65. The van der Waals surface area contributed by atoms with Gasteiger partial charge in [-0.1, -0.05) is 37.1 Å². The van der Waals surface area contributed by atoms with Gasteiger partial charge in [-0.05, 0) is 50.3 Å². The van der Waals surface area contributed by atoms with E-state index in [4.69, 9.17) is 0 Å². The molecule has 1 aliphatic heterocycles. The molecule has 2 nitrogen and oxygen atoms in total. The van der Waals surface area contributed by atoms with Crippen LogP contribution in [0.5, 0.6) is 0 Å². The molecule has 1 aromatic heterocycles. The number of nitrogens with one attached hydrogen (secondary N) is 1. The molecule has 106 valence electrons. The quantitative estimate of drug-likeness (QED) is 0.776. The first-order valence-electron chi connectivity index (χ1n) is 7.96. The average molecular weight is 268 g/mol. The number of pyridine rings is 1. The summed E-state index contributed by atoms with van der Waals surface area (Å²) >= 11 is 0. The number of hydrogen-bond donors (Lipinski definition) is 1. The van der Waals surface area contributed by atoms with Gasteiger partial charge >= 0.3 is 0 Å². The van der Waals surface area contributed by atoms with Gasteiger partial charge in [0.15, 0.2) is 0 Å². The largest absolute Gasteiger partial charge is 0.314 e. The number of benzene rings is 1. The Morgan fingerprint density at radius 1 is 0.900 bits per heavy atom. The summed E-state index contributed by atoms with van der Waals surface area (Å²) in [6.07, 6.45) is 10.6. The van der Waals surface area contributed by atoms with E-state index < -0.39 is 0 Å². The highest BCUT2D eigenvalue weighted by Crippen LogP contribution is 2.30. The minimum absolute atomic E-state index is 0.905. The lowest BCUT2D eigenvalue weighted by molar-refractivity contribution is 0.212. The molecule has 2 aromatic rings. The fourth-order valence-electron chi connectivity index (χ4n) is 3.49. The Bertz CT molecular complexity index is 446. The van der Waals surface area contributed by atoms with E-state index in [1.165, 1.54) is 50.5 Å². The maximum atomic E-state index is 4.18. The zero-order valence-electron chi connectivity index (χ0n) is 12.1. The molecule has 0 amide bonds. The molecular formula is C18H24N2. The van der Waals surface area contributed by atoms with E-state index in [-0.39, 0.29) is 0 Å². The number of rotatable bonds is 0. The molecule has 1 saturated heterocycles. The molecule has 2 fully saturated rings. The monoisotopic (exact) mass is 268 g/mol. The van der Waals surface area contributed by atoms with Gasteiger partial charge in [0.05, 0.1) is 5.52 Å². The molecule has 4 rings (SSSR count). The van der Waals surface area contributed by atoms with Gasteiger partial charge in [0.1, 0.15) is 0 Å². The molecule has 2 atom stereocenters. The number of piperidine rings is 1. The lowest BCUT2D eigenvalue weighted by Crippen LogP contribution is -2.42. The van der Waals surface area contributed by atoms with Crippen molar-refractivity contribution in [2.45, 2.75) is 44.6 Å². The minimum Gasteiger partial charge on any atom is -0.314 e. The molecular weight excluding hydrogens is 244 g/mol. The first-order valence-corrected chi connectivity index (χ1v) is 7.96. The van der Waals surface area contributed by atoms with Crippen molar-refractivity contribution in [2.75, 3.05) is 6.54 Å². The molecule has 2 heterocycles. The van der Waals surface area contributed by atoms with Crippen LogP contribution in [0.2, 0.25) is 0 Å². The summed E-state index contributed by atoms with van der Waals surface area (Å²) in [5.74, 6) is 1.04. The first kappa shape index (κ1) is 13.6. The summed E-state index contributed by atoms with van der Waals surface area (Å²) in [4.78, 5) is 4.18. The van der Waals surface area contributed by atoms with Gasteiger partial charge in [-0.25, -0.2) is 0 Å². The van der Waals surface area contributed by atoms with E-state index in [9.17, 15) is 0 Å². The predicted molar refractivity (Wildman–Crippen MR) is 84.7 cm³/mol. The molecule has 0 spiro atoms. The second-order valence-electron chi connectivity index (χ2n) is 5.94. The van der Waals surface area contributed by atoms with Crippen molar-refractivity contribution in [3.63, 3.8) is 0 Å². The average Bonchev–Trinajstić information content (AvgIpc) is 2.56. The van der Waals surface area contributed by atoms with Crippen LogP contribution in [0.15, 0.2) is 42.6 Å². The molecule has 1 N–H and O–H groups in total. The molecule has 0 radical (unpaired) electrons. The predicted octanol–water partition coefficient (Wildman–Crippen LogP) is 4.16. The van der Waals surface area contributed by atoms with Crippen LogP contribution in [-0.4, -0.2) is 17.6 Å². The third-order valence-corrected chi connectivity index (χ3v) is 4.58. The summed E-state index contributed by atoms with van der Waals surface area (Å²) in [5.41, 5.74) is 1.06. The molecule has 2 heteroatoms. The first-order chi connectivity index (χ1) is 9.93. The second kappa shape index (κ2) is 6.85. The van der Waals surface area contributed by atoms with Gasteiger partial charge < -0.3 is 5.32 Å². The minimum atomic E-state index is 0.905. The van der Waals surface area contributed by atoms with Crippen molar-refractivity contribution >= 4 is 10.9 Å². The van der Waals surface area contributed by atoms with Crippen LogP contribution in [0.25, 0.3) is 10.9 Å². The van der Waals surface area contributed by atoms with Crippen LogP contribution in [0, 0.1) is 5.92 Å². The van der Waals surface area contributed by atoms with Gasteiger partial charge in [-0.3, -0.25) is 4.98 Å². The van der Waals surface area contributed by atoms with Gasteiger partial charge in [0, 0.05) is 17.6 Å². The van der Waals surface area contributed by atoms with Gasteiger partial charge in [-0.2, -0.15) is 0 Å². The number of para-hydroxylation sites is 1. The van der Waals surface area contributed by atoms with Gasteiger partial charge in [-0.15, -0.1) is 0 Å². The van der Waals surface area contributed by atoms with E-state index in [2.05, 4.69) is 22.4 Å². The van der Waals surface area contributed by atoms with Crippen molar-refractivity contribution in [3.05, 3.63) is 42.6 Å². The normalized spacial score (nSPS) is 25.4. The van der Waals surface area contributed by atoms with Gasteiger partial charge in [0.2, 0.25) is 0 Å². The van der Waals surface area contributed by atoms with E-state index in [0.29, 0.717) is 0 Å². The SMILES string of the molecule is C1CCC2NCCCC2C1.c1ccc2ncccc2c1. The molecule has 0 bridgehead atoms. The summed E-state index contributed by atoms with van der Waals surface area (Å²) in [7, 11) is 0. The second-order valence-corrected chi connectivity index (χ2v) is 5.94. The fourth-order valence-corrected chi connectivity index (χ4v) is 3.49. The molecule has 2 aliphatic rings. The highest BCUT2D eigenvalue weighted by molar-refractivity contribution is 5.77. The van der Waals surface area contributed by atoms with Crippen LogP contribution in [0.1, 0.15) is 38.5 Å². The summed E-state index contributed by atoms with van der Waals surface area (Å²) in [6, 6.07) is 13.0. The van der Waals surface area contributed by atoms with Crippen molar-refractivity contribution in [1.29, 1.82) is 0 Å². The molecule has 2 unspecified atom stereocenters. The van der Waals surface area contributed by atoms with Crippen LogP contribution in [0.4, 0.5) is 0 Å². The Labute approximate surface area is 121 Å². The highest BCUT2D eigenvalue weighted by atomic mass is 14.9. The Morgan fingerprint density at radius 3 is 2.60 bits per heavy atom. The highest BCUT2D eigenvalue weighted by Gasteiger charge is 2.26. The maximum absolute atomic E-state index is 4.18. The van der Waals surface area contributed by atoms with Crippen LogP contribution in [-0.2, 0) is 0 Å². The molecule has 1 aliphatic carbocycles. The third-order valence-electron chi connectivity index (χ3n) is 4.58. The van der Waals surface area contributed by atoms with Crippen LogP contribution < -0.4 is 5.32 Å². The topological polar surface area (TPSA) is 24.9 Å². The van der Waals surface area contributed by atoms with Gasteiger partial charge in [0.25, 0.3) is 0 Å². The summed E-state index contributed by atoms with van der Waals surface area (Å²) in [6.45, 7) is 1.28. The molecule has 1 saturated carbocycles. The Hall–Kier alpha value is -1.41. The maximum Gasteiger partial charge on any atom is 0.0701 e.